The summed E-state index contributed by atoms with van der Waals surface area (Å²) in [6.45, 7) is 8.31. The van der Waals surface area contributed by atoms with Gasteiger partial charge in [0.05, 0.1) is 12.7 Å². The first kappa shape index (κ1) is 16.3. The van der Waals surface area contributed by atoms with E-state index in [1.165, 1.54) is 12.0 Å². The Morgan fingerprint density at radius 2 is 2.29 bits per heavy atom. The molecule has 0 spiro atoms. The Labute approximate surface area is 128 Å². The van der Waals surface area contributed by atoms with E-state index in [-0.39, 0.29) is 6.04 Å². The van der Waals surface area contributed by atoms with Crippen molar-refractivity contribution in [3.63, 3.8) is 0 Å². The van der Waals surface area contributed by atoms with Crippen molar-refractivity contribution < 1.29 is 9.47 Å². The molecule has 118 valence electrons. The predicted octanol–water partition coefficient (Wildman–Crippen LogP) is 2.59. The number of hydrogen-bond acceptors (Lipinski definition) is 4. The van der Waals surface area contributed by atoms with Crippen molar-refractivity contribution in [2.75, 3.05) is 32.8 Å². The third kappa shape index (κ3) is 4.43. The quantitative estimate of drug-likeness (QED) is 0.800. The van der Waals surface area contributed by atoms with Gasteiger partial charge in [0.1, 0.15) is 5.75 Å². The minimum absolute atomic E-state index is 0.222. The van der Waals surface area contributed by atoms with Crippen LogP contribution in [-0.2, 0) is 4.74 Å². The number of ether oxygens (including phenoxy) is 2. The second-order valence-electron chi connectivity index (χ2n) is 5.48. The smallest absolute Gasteiger partial charge is 0.119 e. The van der Waals surface area contributed by atoms with E-state index in [4.69, 9.17) is 15.2 Å². The van der Waals surface area contributed by atoms with Crippen molar-refractivity contribution in [1.82, 2.24) is 4.90 Å². The van der Waals surface area contributed by atoms with Crippen molar-refractivity contribution in [3.8, 4) is 5.75 Å². The summed E-state index contributed by atoms with van der Waals surface area (Å²) in [4.78, 5) is 2.42. The van der Waals surface area contributed by atoms with Gasteiger partial charge in [-0.25, -0.2) is 0 Å². The largest absolute Gasteiger partial charge is 0.494 e. The van der Waals surface area contributed by atoms with Gasteiger partial charge in [-0.2, -0.15) is 0 Å². The van der Waals surface area contributed by atoms with E-state index in [9.17, 15) is 0 Å². The van der Waals surface area contributed by atoms with E-state index in [2.05, 4.69) is 24.0 Å². The van der Waals surface area contributed by atoms with Gasteiger partial charge in [0, 0.05) is 25.7 Å². The van der Waals surface area contributed by atoms with Crippen molar-refractivity contribution in [1.29, 1.82) is 0 Å². The summed E-state index contributed by atoms with van der Waals surface area (Å²) >= 11 is 0. The number of nitrogens with zero attached hydrogens (tertiary/aromatic N) is 1. The molecule has 0 bridgehead atoms. The van der Waals surface area contributed by atoms with Gasteiger partial charge < -0.3 is 15.2 Å². The molecule has 1 aromatic rings. The lowest BCUT2D eigenvalue weighted by Gasteiger charge is -2.32. The van der Waals surface area contributed by atoms with Gasteiger partial charge in [-0.1, -0.05) is 19.1 Å². The van der Waals surface area contributed by atoms with Crippen LogP contribution < -0.4 is 10.5 Å². The molecule has 2 unspecified atom stereocenters. The highest BCUT2D eigenvalue weighted by Gasteiger charge is 2.24. The summed E-state index contributed by atoms with van der Waals surface area (Å²) in [6.07, 6.45) is 2.69. The molecule has 0 aromatic heterocycles. The van der Waals surface area contributed by atoms with E-state index in [0.717, 1.165) is 31.9 Å². The van der Waals surface area contributed by atoms with Gasteiger partial charge in [-0.15, -0.1) is 0 Å². The van der Waals surface area contributed by atoms with Crippen LogP contribution in [0.2, 0.25) is 0 Å². The van der Waals surface area contributed by atoms with Crippen LogP contribution in [0.3, 0.4) is 0 Å². The standard InChI is InChI=1S/C17H28N2O2/c1-3-19(13-16-9-6-10-21-16)17(12-18)14-7-5-8-15(11-14)20-4-2/h5,7-8,11,16-17H,3-4,6,9-10,12-13,18H2,1-2H3. The van der Waals surface area contributed by atoms with Crippen molar-refractivity contribution in [2.45, 2.75) is 38.8 Å². The molecule has 2 N–H and O–H groups in total. The molecular weight excluding hydrogens is 264 g/mol. The van der Waals surface area contributed by atoms with E-state index in [1.807, 2.05) is 19.1 Å². The minimum atomic E-state index is 0.222. The van der Waals surface area contributed by atoms with Crippen LogP contribution >= 0.6 is 0 Å². The Morgan fingerprint density at radius 1 is 1.43 bits per heavy atom. The van der Waals surface area contributed by atoms with Gasteiger partial charge in [-0.05, 0) is 44.0 Å². The molecule has 4 nitrogen and oxygen atoms in total. The van der Waals surface area contributed by atoms with Gasteiger partial charge in [0.25, 0.3) is 0 Å². The van der Waals surface area contributed by atoms with Crippen molar-refractivity contribution in [3.05, 3.63) is 29.8 Å². The molecule has 0 radical (unpaired) electrons. The monoisotopic (exact) mass is 292 g/mol. The molecule has 0 saturated carbocycles. The van der Waals surface area contributed by atoms with Crippen LogP contribution in [0.1, 0.15) is 38.3 Å². The predicted molar refractivity (Wildman–Crippen MR) is 85.6 cm³/mol. The van der Waals surface area contributed by atoms with Crippen molar-refractivity contribution >= 4 is 0 Å². The lowest BCUT2D eigenvalue weighted by molar-refractivity contribution is 0.0601. The zero-order chi connectivity index (χ0) is 15.1. The highest BCUT2D eigenvalue weighted by Crippen LogP contribution is 2.25. The van der Waals surface area contributed by atoms with Crippen LogP contribution in [-0.4, -0.2) is 43.9 Å². The number of nitrogens with two attached hydrogens (primary N) is 1. The van der Waals surface area contributed by atoms with Crippen LogP contribution in [0.5, 0.6) is 5.75 Å². The maximum Gasteiger partial charge on any atom is 0.119 e. The van der Waals surface area contributed by atoms with E-state index < -0.39 is 0 Å². The maximum absolute atomic E-state index is 6.06. The summed E-state index contributed by atoms with van der Waals surface area (Å²) in [6, 6.07) is 8.51. The first-order valence-corrected chi connectivity index (χ1v) is 8.07. The maximum atomic E-state index is 6.06. The van der Waals surface area contributed by atoms with Gasteiger partial charge in [0.15, 0.2) is 0 Å². The Morgan fingerprint density at radius 3 is 2.90 bits per heavy atom. The zero-order valence-corrected chi connectivity index (χ0v) is 13.3. The molecule has 1 fully saturated rings. The second kappa shape index (κ2) is 8.37. The van der Waals surface area contributed by atoms with E-state index in [0.29, 0.717) is 19.3 Å². The number of likely N-dealkylation sites (N-methyl/N-ethyl adjacent to an activating group) is 1. The highest BCUT2D eigenvalue weighted by atomic mass is 16.5. The Hall–Kier alpha value is -1.10. The van der Waals surface area contributed by atoms with Gasteiger partial charge in [0.2, 0.25) is 0 Å². The number of benzene rings is 1. The summed E-state index contributed by atoms with van der Waals surface area (Å²) in [5.41, 5.74) is 7.28. The minimum Gasteiger partial charge on any atom is -0.494 e. The molecular formula is C17H28N2O2. The highest BCUT2D eigenvalue weighted by molar-refractivity contribution is 5.31. The van der Waals surface area contributed by atoms with Crippen LogP contribution in [0.15, 0.2) is 24.3 Å². The molecule has 1 aliphatic heterocycles. The summed E-state index contributed by atoms with van der Waals surface area (Å²) in [7, 11) is 0. The van der Waals surface area contributed by atoms with E-state index >= 15 is 0 Å². The first-order valence-electron chi connectivity index (χ1n) is 8.07. The molecule has 4 heteroatoms. The Kier molecular flexibility index (Phi) is 6.49. The lowest BCUT2D eigenvalue weighted by Crippen LogP contribution is -2.38. The SMILES string of the molecule is CCOc1cccc(C(CN)N(CC)CC2CCCO2)c1. The second-order valence-corrected chi connectivity index (χ2v) is 5.48. The molecule has 1 heterocycles. The van der Waals surface area contributed by atoms with Crippen LogP contribution in [0.4, 0.5) is 0 Å². The molecule has 2 atom stereocenters. The Balaban J connectivity index is 2.09. The molecule has 2 rings (SSSR count). The van der Waals surface area contributed by atoms with E-state index in [1.54, 1.807) is 0 Å². The van der Waals surface area contributed by atoms with Crippen molar-refractivity contribution in [2.24, 2.45) is 5.73 Å². The normalized spacial score (nSPS) is 19.9. The molecule has 1 aromatic carbocycles. The zero-order valence-electron chi connectivity index (χ0n) is 13.3. The van der Waals surface area contributed by atoms with Crippen LogP contribution in [0.25, 0.3) is 0 Å². The summed E-state index contributed by atoms with van der Waals surface area (Å²) in [5.74, 6) is 0.918. The number of hydrogen-bond donors (Lipinski definition) is 1. The fourth-order valence-corrected chi connectivity index (χ4v) is 3.00. The Bertz CT molecular complexity index is 419. The number of rotatable bonds is 8. The molecule has 21 heavy (non-hydrogen) atoms. The fourth-order valence-electron chi connectivity index (χ4n) is 3.00. The third-order valence-electron chi connectivity index (χ3n) is 4.09. The third-order valence-corrected chi connectivity index (χ3v) is 4.09. The molecule has 1 saturated heterocycles. The topological polar surface area (TPSA) is 47.7 Å². The van der Waals surface area contributed by atoms with Gasteiger partial charge in [-0.3, -0.25) is 4.90 Å². The van der Waals surface area contributed by atoms with Crippen LogP contribution in [0, 0.1) is 0 Å². The van der Waals surface area contributed by atoms with Gasteiger partial charge >= 0.3 is 0 Å². The molecule has 0 aliphatic carbocycles. The lowest BCUT2D eigenvalue weighted by atomic mass is 10.0. The summed E-state index contributed by atoms with van der Waals surface area (Å²) in [5, 5.41) is 0. The molecule has 0 amide bonds. The average Bonchev–Trinajstić information content (AvgIpc) is 3.01. The average molecular weight is 292 g/mol. The molecule has 1 aliphatic rings. The summed E-state index contributed by atoms with van der Waals surface area (Å²) < 4.78 is 11.4. The fraction of sp³-hybridized carbons (Fsp3) is 0.647. The first-order chi connectivity index (χ1) is 10.3.